The number of benzene rings is 1. The number of rotatable bonds is 5. The summed E-state index contributed by atoms with van der Waals surface area (Å²) in [5.41, 5.74) is 0. The lowest BCUT2D eigenvalue weighted by Crippen LogP contribution is -2.31. The van der Waals surface area contributed by atoms with Gasteiger partial charge in [-0.05, 0) is 58.0 Å². The van der Waals surface area contributed by atoms with Gasteiger partial charge >= 0.3 is 0 Å². The van der Waals surface area contributed by atoms with Crippen LogP contribution >= 0.6 is 0 Å². The van der Waals surface area contributed by atoms with Gasteiger partial charge in [-0.25, -0.2) is 0 Å². The Morgan fingerprint density at radius 1 is 1.24 bits per heavy atom. The zero-order valence-corrected chi connectivity index (χ0v) is 14.6. The van der Waals surface area contributed by atoms with Gasteiger partial charge in [-0.3, -0.25) is 0 Å². The van der Waals surface area contributed by atoms with Crippen LogP contribution in [0, 0.1) is 5.92 Å². The Labute approximate surface area is 146 Å². The van der Waals surface area contributed by atoms with Crippen LogP contribution in [0.4, 0.5) is 0 Å². The number of hydrogen-bond donors (Lipinski definition) is 0. The summed E-state index contributed by atoms with van der Waals surface area (Å²) in [6, 6.07) is 5.50. The Bertz CT molecular complexity index is 725. The molecule has 7 nitrogen and oxygen atoms in total. The molecule has 2 aliphatic heterocycles. The van der Waals surface area contributed by atoms with Crippen molar-refractivity contribution < 1.29 is 18.7 Å². The number of nitrogens with zero attached hydrogens (tertiary/aromatic N) is 3. The lowest BCUT2D eigenvalue weighted by molar-refractivity contribution is 0.170. The molecular weight excluding hydrogens is 322 g/mol. The van der Waals surface area contributed by atoms with Crippen LogP contribution in [-0.4, -0.2) is 42.0 Å². The third-order valence-electron chi connectivity index (χ3n) is 4.80. The first-order chi connectivity index (χ1) is 12.2. The van der Waals surface area contributed by atoms with Crippen LogP contribution in [0.15, 0.2) is 22.7 Å². The Hall–Kier alpha value is -2.28. The van der Waals surface area contributed by atoms with Gasteiger partial charge in [0.05, 0.1) is 0 Å². The Morgan fingerprint density at radius 3 is 2.88 bits per heavy atom. The standard InChI is InChI=1S/C18H23N3O4/c1-12(24-14-3-4-15-16(10-14)23-11-22-15)18-19-17(20-25-18)9-13-5-7-21(2)8-6-13/h3-4,10,12-13H,5-9,11H2,1-2H3. The van der Waals surface area contributed by atoms with Crippen molar-refractivity contribution in [1.29, 1.82) is 0 Å². The molecule has 1 aromatic carbocycles. The van der Waals surface area contributed by atoms with E-state index in [4.69, 9.17) is 18.7 Å². The molecule has 3 heterocycles. The largest absolute Gasteiger partial charge is 0.481 e. The van der Waals surface area contributed by atoms with E-state index in [1.54, 1.807) is 0 Å². The number of likely N-dealkylation sites (tertiary alicyclic amines) is 1. The van der Waals surface area contributed by atoms with E-state index < -0.39 is 0 Å². The highest BCUT2D eigenvalue weighted by atomic mass is 16.7. The zero-order valence-electron chi connectivity index (χ0n) is 14.6. The van der Waals surface area contributed by atoms with E-state index in [1.807, 2.05) is 25.1 Å². The topological polar surface area (TPSA) is 69.8 Å². The molecule has 1 aromatic heterocycles. The van der Waals surface area contributed by atoms with Crippen LogP contribution in [0.3, 0.4) is 0 Å². The normalized spacial score (nSPS) is 19.1. The van der Waals surface area contributed by atoms with E-state index >= 15 is 0 Å². The minimum absolute atomic E-state index is 0.248. The van der Waals surface area contributed by atoms with E-state index in [1.165, 1.54) is 12.8 Å². The fourth-order valence-electron chi connectivity index (χ4n) is 3.24. The van der Waals surface area contributed by atoms with Gasteiger partial charge in [0, 0.05) is 12.5 Å². The smallest absolute Gasteiger partial charge is 0.267 e. The maximum Gasteiger partial charge on any atom is 0.267 e. The van der Waals surface area contributed by atoms with Gasteiger partial charge in [-0.15, -0.1) is 0 Å². The highest BCUT2D eigenvalue weighted by molar-refractivity contribution is 5.46. The average Bonchev–Trinajstić information content (AvgIpc) is 3.26. The minimum Gasteiger partial charge on any atom is -0.481 e. The lowest BCUT2D eigenvalue weighted by Gasteiger charge is -2.28. The van der Waals surface area contributed by atoms with E-state index in [0.29, 0.717) is 23.3 Å². The quantitative estimate of drug-likeness (QED) is 0.825. The van der Waals surface area contributed by atoms with Gasteiger partial charge in [-0.1, -0.05) is 5.16 Å². The van der Waals surface area contributed by atoms with Crippen LogP contribution < -0.4 is 14.2 Å². The van der Waals surface area contributed by atoms with Crippen LogP contribution in [0.1, 0.15) is 37.6 Å². The minimum atomic E-state index is -0.320. The summed E-state index contributed by atoms with van der Waals surface area (Å²) < 4.78 is 22.0. The summed E-state index contributed by atoms with van der Waals surface area (Å²) in [5, 5.41) is 4.13. The summed E-state index contributed by atoms with van der Waals surface area (Å²) in [4.78, 5) is 6.88. The summed E-state index contributed by atoms with van der Waals surface area (Å²) in [6.45, 7) is 4.42. The molecule has 2 aromatic rings. The summed E-state index contributed by atoms with van der Waals surface area (Å²) in [7, 11) is 2.16. The van der Waals surface area contributed by atoms with Gasteiger partial charge in [0.1, 0.15) is 5.75 Å². The van der Waals surface area contributed by atoms with E-state index in [-0.39, 0.29) is 12.9 Å². The van der Waals surface area contributed by atoms with Crippen molar-refractivity contribution >= 4 is 0 Å². The lowest BCUT2D eigenvalue weighted by atomic mass is 9.94. The van der Waals surface area contributed by atoms with Gasteiger partial charge in [0.2, 0.25) is 6.79 Å². The maximum absolute atomic E-state index is 5.90. The van der Waals surface area contributed by atoms with Gasteiger partial charge < -0.3 is 23.6 Å². The molecule has 2 aliphatic rings. The number of piperidine rings is 1. The molecule has 1 fully saturated rings. The molecule has 0 N–H and O–H groups in total. The Kier molecular flexibility index (Phi) is 4.48. The third-order valence-corrected chi connectivity index (χ3v) is 4.80. The molecule has 1 unspecified atom stereocenters. The first-order valence-corrected chi connectivity index (χ1v) is 8.74. The second-order valence-corrected chi connectivity index (χ2v) is 6.77. The van der Waals surface area contributed by atoms with Crippen molar-refractivity contribution in [3.63, 3.8) is 0 Å². The van der Waals surface area contributed by atoms with Crippen LogP contribution in [0.5, 0.6) is 17.2 Å². The van der Waals surface area contributed by atoms with Gasteiger partial charge in [0.15, 0.2) is 23.4 Å². The van der Waals surface area contributed by atoms with Crippen LogP contribution in [0.2, 0.25) is 0 Å². The number of ether oxygens (including phenoxy) is 3. The first kappa shape index (κ1) is 16.2. The maximum atomic E-state index is 5.90. The molecule has 0 bridgehead atoms. The molecule has 0 spiro atoms. The predicted molar refractivity (Wildman–Crippen MR) is 89.8 cm³/mol. The molecule has 0 aliphatic carbocycles. The Balaban J connectivity index is 1.36. The van der Waals surface area contributed by atoms with Crippen molar-refractivity contribution in [1.82, 2.24) is 15.0 Å². The molecule has 134 valence electrons. The molecule has 1 atom stereocenters. The fraction of sp³-hybridized carbons (Fsp3) is 0.556. The fourth-order valence-corrected chi connectivity index (χ4v) is 3.24. The van der Waals surface area contributed by atoms with Crippen molar-refractivity contribution in [2.75, 3.05) is 26.9 Å². The van der Waals surface area contributed by atoms with Crippen LogP contribution in [-0.2, 0) is 6.42 Å². The molecule has 25 heavy (non-hydrogen) atoms. The molecule has 7 heteroatoms. The van der Waals surface area contributed by atoms with E-state index in [0.717, 1.165) is 31.1 Å². The number of fused-ring (bicyclic) bond motifs is 1. The average molecular weight is 345 g/mol. The van der Waals surface area contributed by atoms with Crippen molar-refractivity contribution in [2.24, 2.45) is 5.92 Å². The van der Waals surface area contributed by atoms with Crippen molar-refractivity contribution in [3.05, 3.63) is 29.9 Å². The molecule has 0 saturated carbocycles. The molecule has 0 amide bonds. The highest BCUT2D eigenvalue weighted by Crippen LogP contribution is 2.36. The highest BCUT2D eigenvalue weighted by Gasteiger charge is 2.22. The molecule has 1 saturated heterocycles. The first-order valence-electron chi connectivity index (χ1n) is 8.74. The number of hydrogen-bond acceptors (Lipinski definition) is 7. The van der Waals surface area contributed by atoms with Crippen molar-refractivity contribution in [2.45, 2.75) is 32.3 Å². The molecule has 0 radical (unpaired) electrons. The summed E-state index contributed by atoms with van der Waals surface area (Å²) >= 11 is 0. The van der Waals surface area contributed by atoms with Gasteiger partial charge in [-0.2, -0.15) is 4.98 Å². The SMILES string of the molecule is CC(Oc1ccc2c(c1)OCO2)c1nc(CC2CCN(C)CC2)no1. The Morgan fingerprint density at radius 2 is 2.04 bits per heavy atom. The van der Waals surface area contributed by atoms with Gasteiger partial charge in [0.25, 0.3) is 5.89 Å². The van der Waals surface area contributed by atoms with Crippen LogP contribution in [0.25, 0.3) is 0 Å². The zero-order chi connectivity index (χ0) is 17.2. The third kappa shape index (κ3) is 3.71. The van der Waals surface area contributed by atoms with E-state index in [9.17, 15) is 0 Å². The summed E-state index contributed by atoms with van der Waals surface area (Å²) in [6.07, 6.45) is 2.92. The second kappa shape index (κ2) is 6.92. The second-order valence-electron chi connectivity index (χ2n) is 6.77. The van der Waals surface area contributed by atoms with E-state index in [2.05, 4.69) is 22.1 Å². The molecule has 4 rings (SSSR count). The molecular formula is C18H23N3O4. The van der Waals surface area contributed by atoms with Crippen molar-refractivity contribution in [3.8, 4) is 17.2 Å². The monoisotopic (exact) mass is 345 g/mol. The number of aromatic nitrogens is 2. The summed E-state index contributed by atoms with van der Waals surface area (Å²) in [5.74, 6) is 4.02. The predicted octanol–water partition coefficient (Wildman–Crippen LogP) is 2.82.